The van der Waals surface area contributed by atoms with Crippen LogP contribution >= 0.6 is 11.6 Å². The first-order chi connectivity index (χ1) is 24.1. The number of nitrogens with zero attached hydrogens (tertiary/aromatic N) is 1. The maximum atomic E-state index is 14.3. The number of amides is 3. The van der Waals surface area contributed by atoms with Crippen LogP contribution in [0.3, 0.4) is 0 Å². The van der Waals surface area contributed by atoms with E-state index in [0.29, 0.717) is 49.4 Å². The van der Waals surface area contributed by atoms with Gasteiger partial charge < -0.3 is 33.2 Å². The van der Waals surface area contributed by atoms with Gasteiger partial charge in [-0.25, -0.2) is 0 Å². The summed E-state index contributed by atoms with van der Waals surface area (Å²) in [7, 11) is 0. The van der Waals surface area contributed by atoms with Crippen molar-refractivity contribution in [2.75, 3.05) is 13.1 Å². The fourth-order valence-electron chi connectivity index (χ4n) is 7.39. The van der Waals surface area contributed by atoms with E-state index in [4.69, 9.17) is 34.2 Å². The Labute approximate surface area is 301 Å². The third-order valence-corrected chi connectivity index (χ3v) is 10.4. The van der Waals surface area contributed by atoms with Crippen LogP contribution in [0.15, 0.2) is 53.5 Å². The normalized spacial score (nSPS) is 17.1. The Morgan fingerprint density at radius 3 is 2.10 bits per heavy atom. The Hall–Kier alpha value is -4.12. The van der Waals surface area contributed by atoms with Crippen molar-refractivity contribution in [1.29, 1.82) is 5.41 Å². The molecule has 4 rings (SSSR count). The summed E-state index contributed by atoms with van der Waals surface area (Å²) in [5.74, 6) is -0.899. The van der Waals surface area contributed by atoms with Crippen LogP contribution in [0.25, 0.3) is 0 Å². The Kier molecular flexibility index (Phi) is 15.4. The molecule has 0 heterocycles. The molecule has 2 aliphatic rings. The number of amidine groups is 1. The second-order valence-corrected chi connectivity index (χ2v) is 14.3. The van der Waals surface area contributed by atoms with Gasteiger partial charge in [0, 0.05) is 29.6 Å². The second kappa shape index (κ2) is 19.9. The Balaban J connectivity index is 1.50. The van der Waals surface area contributed by atoms with E-state index < -0.39 is 12.1 Å². The van der Waals surface area contributed by atoms with E-state index in [0.717, 1.165) is 75.3 Å². The monoisotopic (exact) mass is 706 g/mol. The fraction of sp³-hybridized carbons (Fsp3) is 0.553. The van der Waals surface area contributed by atoms with E-state index in [2.05, 4.69) is 20.9 Å². The average molecular weight is 707 g/mol. The maximum absolute atomic E-state index is 14.3. The number of rotatable bonds is 17. The molecule has 11 nitrogen and oxygen atoms in total. The zero-order chi connectivity index (χ0) is 35.9. The van der Waals surface area contributed by atoms with Crippen molar-refractivity contribution in [3.63, 3.8) is 0 Å². The van der Waals surface area contributed by atoms with Gasteiger partial charge in [-0.2, -0.15) is 0 Å². The van der Waals surface area contributed by atoms with Gasteiger partial charge >= 0.3 is 0 Å². The summed E-state index contributed by atoms with van der Waals surface area (Å²) in [5, 5.41) is 17.6. The van der Waals surface area contributed by atoms with Gasteiger partial charge in [0.05, 0.1) is 0 Å². The van der Waals surface area contributed by atoms with Gasteiger partial charge in [-0.1, -0.05) is 86.5 Å². The molecule has 0 spiro atoms. The van der Waals surface area contributed by atoms with Crippen LogP contribution in [0.1, 0.15) is 93.7 Å². The fourth-order valence-corrected chi connectivity index (χ4v) is 7.60. The van der Waals surface area contributed by atoms with Crippen LogP contribution in [0, 0.1) is 23.2 Å². The maximum Gasteiger partial charge on any atom is 0.243 e. The van der Waals surface area contributed by atoms with Crippen molar-refractivity contribution in [1.82, 2.24) is 16.0 Å². The third-order valence-electron chi connectivity index (χ3n) is 10.2. The number of guanidine groups is 1. The van der Waals surface area contributed by atoms with Crippen LogP contribution < -0.4 is 33.2 Å². The molecule has 0 bridgehead atoms. The number of halogens is 1. The number of benzene rings is 2. The van der Waals surface area contributed by atoms with Crippen molar-refractivity contribution in [2.45, 2.75) is 102 Å². The van der Waals surface area contributed by atoms with Crippen LogP contribution in [0.4, 0.5) is 0 Å². The molecule has 2 unspecified atom stereocenters. The Morgan fingerprint density at radius 1 is 0.820 bits per heavy atom. The van der Waals surface area contributed by atoms with Crippen molar-refractivity contribution in [2.24, 2.45) is 39.9 Å². The molecule has 0 saturated heterocycles. The van der Waals surface area contributed by atoms with Crippen LogP contribution in [0.2, 0.25) is 5.02 Å². The quantitative estimate of drug-likeness (QED) is 0.0725. The molecule has 2 saturated carbocycles. The largest absolute Gasteiger partial charge is 0.384 e. The van der Waals surface area contributed by atoms with E-state index in [1.807, 2.05) is 42.5 Å². The minimum Gasteiger partial charge on any atom is -0.384 e. The second-order valence-electron chi connectivity index (χ2n) is 13.9. The van der Waals surface area contributed by atoms with Gasteiger partial charge in [0.2, 0.25) is 17.7 Å². The van der Waals surface area contributed by atoms with E-state index in [1.54, 1.807) is 6.07 Å². The molecule has 272 valence electrons. The SMILES string of the molecule is N=C(N)c1ccc(CC(C(=O)NC(C(=O)N[C@@H](CCCN=C(N)N)C(=O)NCCc2cccc(Cl)c2)C2CCCCC2)C2CCCCC2)cc1. The highest BCUT2D eigenvalue weighted by molar-refractivity contribution is 6.30. The minimum atomic E-state index is -0.826. The lowest BCUT2D eigenvalue weighted by molar-refractivity contribution is -0.135. The summed E-state index contributed by atoms with van der Waals surface area (Å²) >= 11 is 6.13. The molecule has 0 aliphatic heterocycles. The smallest absolute Gasteiger partial charge is 0.243 e. The molecule has 2 aromatic carbocycles. The number of hydrogen-bond donors (Lipinski definition) is 7. The zero-order valence-corrected chi connectivity index (χ0v) is 29.9. The van der Waals surface area contributed by atoms with Gasteiger partial charge in [-0.05, 0) is 86.5 Å². The van der Waals surface area contributed by atoms with Crippen molar-refractivity contribution in [3.8, 4) is 0 Å². The molecule has 2 fully saturated rings. The van der Waals surface area contributed by atoms with E-state index in [-0.39, 0.29) is 47.3 Å². The number of nitrogens with one attached hydrogen (secondary N) is 4. The highest BCUT2D eigenvalue weighted by Crippen LogP contribution is 2.33. The van der Waals surface area contributed by atoms with Gasteiger partial charge in [-0.3, -0.25) is 24.8 Å². The Morgan fingerprint density at radius 2 is 1.48 bits per heavy atom. The molecule has 50 heavy (non-hydrogen) atoms. The van der Waals surface area contributed by atoms with Crippen LogP contribution in [-0.4, -0.2) is 54.7 Å². The topological polar surface area (TPSA) is 202 Å². The standard InChI is InChI=1S/C38H55ClN8O3/c39-30-14-7-9-25(23-30)20-22-44-36(49)32(15-8-21-45-38(42)43)46-37(50)33(28-12-5-2-6-13-28)47-35(48)31(27-10-3-1-4-11-27)24-26-16-18-29(19-17-26)34(40)41/h7,9,14,16-19,23,27-28,31-33H,1-6,8,10-13,15,20-22,24H2,(H3,40,41)(H,44,49)(H,46,50)(H,47,48)(H4,42,43,45)/t31?,32-,33?/m0/s1. The van der Waals surface area contributed by atoms with Gasteiger partial charge in [0.1, 0.15) is 17.9 Å². The summed E-state index contributed by atoms with van der Waals surface area (Å²) in [5.41, 5.74) is 19.3. The Bertz CT molecular complexity index is 1450. The lowest BCUT2D eigenvalue weighted by atomic mass is 9.76. The molecule has 3 amide bonds. The first-order valence-corrected chi connectivity index (χ1v) is 18.6. The molecule has 12 heteroatoms. The third kappa shape index (κ3) is 12.3. The molecular weight excluding hydrogens is 652 g/mol. The molecule has 2 aliphatic carbocycles. The van der Waals surface area contributed by atoms with Gasteiger partial charge in [-0.15, -0.1) is 0 Å². The average Bonchev–Trinajstić information content (AvgIpc) is 3.11. The zero-order valence-electron chi connectivity index (χ0n) is 29.1. The lowest BCUT2D eigenvalue weighted by Gasteiger charge is -2.34. The molecule has 0 radical (unpaired) electrons. The predicted molar refractivity (Wildman–Crippen MR) is 200 cm³/mol. The summed E-state index contributed by atoms with van der Waals surface area (Å²) in [6.45, 7) is 0.697. The molecule has 2 aromatic rings. The highest BCUT2D eigenvalue weighted by atomic mass is 35.5. The molecule has 3 atom stereocenters. The number of aliphatic imine (C=N–C) groups is 1. The summed E-state index contributed by atoms with van der Waals surface area (Å²) < 4.78 is 0. The molecule has 10 N–H and O–H groups in total. The number of carbonyl (C=O) groups is 3. The summed E-state index contributed by atoms with van der Waals surface area (Å²) in [6, 6.07) is 13.4. The highest BCUT2D eigenvalue weighted by Gasteiger charge is 2.37. The van der Waals surface area contributed by atoms with Crippen molar-refractivity contribution < 1.29 is 14.4 Å². The lowest BCUT2D eigenvalue weighted by Crippen LogP contribution is -2.57. The minimum absolute atomic E-state index is 0.00351. The van der Waals surface area contributed by atoms with Crippen LogP contribution in [-0.2, 0) is 27.2 Å². The first kappa shape index (κ1) is 38.7. The van der Waals surface area contributed by atoms with Gasteiger partial charge in [0.25, 0.3) is 0 Å². The first-order valence-electron chi connectivity index (χ1n) is 18.2. The predicted octanol–water partition coefficient (Wildman–Crippen LogP) is 4.33. The summed E-state index contributed by atoms with van der Waals surface area (Å²) in [4.78, 5) is 46.1. The number of carbonyl (C=O) groups excluding carboxylic acids is 3. The molecular formula is C38H55ClN8O3. The van der Waals surface area contributed by atoms with Gasteiger partial charge in [0.15, 0.2) is 5.96 Å². The van der Waals surface area contributed by atoms with E-state index >= 15 is 0 Å². The van der Waals surface area contributed by atoms with E-state index in [9.17, 15) is 14.4 Å². The number of nitrogens with two attached hydrogens (primary N) is 3. The van der Waals surface area contributed by atoms with Crippen molar-refractivity contribution in [3.05, 3.63) is 70.2 Å². The number of nitrogen functional groups attached to an aromatic ring is 1. The van der Waals surface area contributed by atoms with E-state index in [1.165, 1.54) is 0 Å². The molecule has 0 aromatic heterocycles. The summed E-state index contributed by atoms with van der Waals surface area (Å²) in [6.07, 6.45) is 12.0. The number of hydrogen-bond acceptors (Lipinski definition) is 5. The van der Waals surface area contributed by atoms with Crippen LogP contribution in [0.5, 0.6) is 0 Å². The van der Waals surface area contributed by atoms with Crippen molar-refractivity contribution >= 4 is 41.1 Å².